The lowest BCUT2D eigenvalue weighted by atomic mass is 10.1. The van der Waals surface area contributed by atoms with Crippen LogP contribution >= 0.6 is 0 Å². The molecule has 9 nitrogen and oxygen atoms in total. The highest BCUT2D eigenvalue weighted by Crippen LogP contribution is 2.02. The first-order valence-electron chi connectivity index (χ1n) is 7.11. The van der Waals surface area contributed by atoms with Gasteiger partial charge < -0.3 is 32.5 Å². The summed E-state index contributed by atoms with van der Waals surface area (Å²) in [5.74, 6) is -2.83. The standard InChI is InChI=1S/C7H13NO4.C6H14N2O2/c8-5(7(11)12)3-1-2-4-6(9)10;7-4-2-1-3-5(8)6(9)10/h5H,1-4,8H2,(H,9,10)(H,11,12);5H,1-4,7-8H2,(H,9,10). The van der Waals surface area contributed by atoms with Crippen LogP contribution in [0.1, 0.15) is 44.9 Å². The molecule has 0 aromatic heterocycles. The second kappa shape index (κ2) is 14.2. The normalized spacial score (nSPS) is 12.7. The number of aliphatic carboxylic acids is 3. The van der Waals surface area contributed by atoms with E-state index in [1.54, 1.807) is 0 Å². The summed E-state index contributed by atoms with van der Waals surface area (Å²) in [4.78, 5) is 30.4. The fourth-order valence-corrected chi connectivity index (χ4v) is 1.40. The summed E-state index contributed by atoms with van der Waals surface area (Å²) < 4.78 is 0. The van der Waals surface area contributed by atoms with Crippen LogP contribution in [-0.2, 0) is 14.4 Å². The molecule has 2 unspecified atom stereocenters. The molecule has 0 saturated heterocycles. The predicted molar refractivity (Wildman–Crippen MR) is 80.2 cm³/mol. The van der Waals surface area contributed by atoms with Crippen LogP contribution in [0.25, 0.3) is 0 Å². The zero-order chi connectivity index (χ0) is 17.5. The molecule has 0 aromatic rings. The predicted octanol–water partition coefficient (Wildman–Crippen LogP) is -0.429. The molecule has 0 bridgehead atoms. The second-order valence-electron chi connectivity index (χ2n) is 4.81. The van der Waals surface area contributed by atoms with Crippen molar-refractivity contribution >= 4 is 17.9 Å². The van der Waals surface area contributed by atoms with E-state index in [2.05, 4.69) is 0 Å². The summed E-state index contributed by atoms with van der Waals surface area (Å²) in [6.45, 7) is 0.604. The Morgan fingerprint density at radius 3 is 1.50 bits per heavy atom. The number of rotatable bonds is 11. The minimum absolute atomic E-state index is 0.0757. The summed E-state index contributed by atoms with van der Waals surface area (Å²) >= 11 is 0. The molecule has 22 heavy (non-hydrogen) atoms. The van der Waals surface area contributed by atoms with Gasteiger partial charge >= 0.3 is 17.9 Å². The number of carboxylic acids is 3. The molecule has 0 heterocycles. The van der Waals surface area contributed by atoms with Gasteiger partial charge in [0.25, 0.3) is 0 Å². The van der Waals surface area contributed by atoms with Gasteiger partial charge in [0.1, 0.15) is 12.1 Å². The highest BCUT2D eigenvalue weighted by atomic mass is 16.4. The van der Waals surface area contributed by atoms with Crippen molar-refractivity contribution in [3.8, 4) is 0 Å². The van der Waals surface area contributed by atoms with Gasteiger partial charge in [-0.15, -0.1) is 0 Å². The first-order valence-corrected chi connectivity index (χ1v) is 7.11. The minimum atomic E-state index is -1.04. The molecule has 0 amide bonds. The van der Waals surface area contributed by atoms with Crippen molar-refractivity contribution in [3.63, 3.8) is 0 Å². The number of hydrogen-bond acceptors (Lipinski definition) is 6. The Morgan fingerprint density at radius 1 is 0.773 bits per heavy atom. The first-order chi connectivity index (χ1) is 10.2. The molecule has 0 fully saturated rings. The molecular weight excluding hydrogens is 294 g/mol. The smallest absolute Gasteiger partial charge is 0.320 e. The maximum atomic E-state index is 10.2. The molecule has 0 aliphatic rings. The van der Waals surface area contributed by atoms with Crippen molar-refractivity contribution in [2.45, 2.75) is 57.0 Å². The van der Waals surface area contributed by atoms with Gasteiger partial charge in [0.2, 0.25) is 0 Å². The average molecular weight is 321 g/mol. The Balaban J connectivity index is 0. The van der Waals surface area contributed by atoms with Gasteiger partial charge in [-0.25, -0.2) is 0 Å². The van der Waals surface area contributed by atoms with Crippen molar-refractivity contribution < 1.29 is 29.7 Å². The highest BCUT2D eigenvalue weighted by Gasteiger charge is 2.10. The molecule has 2 atom stereocenters. The Morgan fingerprint density at radius 2 is 1.18 bits per heavy atom. The third-order valence-electron chi connectivity index (χ3n) is 2.76. The third kappa shape index (κ3) is 16.3. The van der Waals surface area contributed by atoms with E-state index in [1.165, 1.54) is 0 Å². The molecule has 0 aromatic carbocycles. The average Bonchev–Trinajstić information content (AvgIpc) is 2.43. The van der Waals surface area contributed by atoms with Crippen molar-refractivity contribution in [3.05, 3.63) is 0 Å². The summed E-state index contributed by atoms with van der Waals surface area (Å²) in [6.07, 6.45) is 3.60. The summed E-state index contributed by atoms with van der Waals surface area (Å²) in [5.41, 5.74) is 15.6. The van der Waals surface area contributed by atoms with E-state index < -0.39 is 30.0 Å². The summed E-state index contributed by atoms with van der Waals surface area (Å²) in [5, 5.41) is 24.9. The molecule has 0 saturated carbocycles. The third-order valence-corrected chi connectivity index (χ3v) is 2.76. The maximum absolute atomic E-state index is 10.2. The summed E-state index contributed by atoms with van der Waals surface area (Å²) in [7, 11) is 0. The van der Waals surface area contributed by atoms with Gasteiger partial charge in [0.15, 0.2) is 0 Å². The molecular formula is C13H27N3O6. The fraction of sp³-hybridized carbons (Fsp3) is 0.769. The number of nitrogens with two attached hydrogens (primary N) is 3. The number of carboxylic acid groups (broad SMARTS) is 3. The van der Waals surface area contributed by atoms with Crippen LogP contribution in [0.4, 0.5) is 0 Å². The molecule has 0 rings (SSSR count). The maximum Gasteiger partial charge on any atom is 0.320 e. The van der Waals surface area contributed by atoms with E-state index in [0.29, 0.717) is 32.2 Å². The Hall–Kier alpha value is -1.71. The van der Waals surface area contributed by atoms with Gasteiger partial charge in [0, 0.05) is 6.42 Å². The molecule has 130 valence electrons. The lowest BCUT2D eigenvalue weighted by Crippen LogP contribution is -2.29. The molecule has 0 spiro atoms. The largest absolute Gasteiger partial charge is 0.481 e. The lowest BCUT2D eigenvalue weighted by molar-refractivity contribution is -0.139. The topological polar surface area (TPSA) is 190 Å². The van der Waals surface area contributed by atoms with E-state index in [9.17, 15) is 14.4 Å². The quantitative estimate of drug-likeness (QED) is 0.274. The lowest BCUT2D eigenvalue weighted by Gasteiger charge is -2.03. The second-order valence-corrected chi connectivity index (χ2v) is 4.81. The van der Waals surface area contributed by atoms with Crippen LogP contribution in [0.3, 0.4) is 0 Å². The zero-order valence-corrected chi connectivity index (χ0v) is 12.6. The van der Waals surface area contributed by atoms with Gasteiger partial charge in [-0.3, -0.25) is 14.4 Å². The van der Waals surface area contributed by atoms with Crippen LogP contribution in [0.2, 0.25) is 0 Å². The van der Waals surface area contributed by atoms with E-state index >= 15 is 0 Å². The molecule has 0 aliphatic carbocycles. The van der Waals surface area contributed by atoms with Crippen molar-refractivity contribution in [2.75, 3.05) is 6.54 Å². The number of carbonyl (C=O) groups is 3. The number of hydrogen-bond donors (Lipinski definition) is 6. The van der Waals surface area contributed by atoms with Crippen LogP contribution in [0.5, 0.6) is 0 Å². The zero-order valence-electron chi connectivity index (χ0n) is 12.6. The van der Waals surface area contributed by atoms with E-state index in [4.69, 9.17) is 32.5 Å². The fourth-order valence-electron chi connectivity index (χ4n) is 1.40. The van der Waals surface area contributed by atoms with Crippen molar-refractivity contribution in [1.29, 1.82) is 0 Å². The Labute approximate surface area is 129 Å². The minimum Gasteiger partial charge on any atom is -0.481 e. The highest BCUT2D eigenvalue weighted by molar-refractivity contribution is 5.73. The van der Waals surface area contributed by atoms with Crippen molar-refractivity contribution in [2.24, 2.45) is 17.2 Å². The van der Waals surface area contributed by atoms with Gasteiger partial charge in [0.05, 0.1) is 0 Å². The molecule has 9 heteroatoms. The first kappa shape index (κ1) is 22.6. The van der Waals surface area contributed by atoms with Crippen LogP contribution < -0.4 is 17.2 Å². The van der Waals surface area contributed by atoms with Crippen LogP contribution in [-0.4, -0.2) is 51.9 Å². The van der Waals surface area contributed by atoms with Gasteiger partial charge in [-0.2, -0.15) is 0 Å². The molecule has 0 radical (unpaired) electrons. The van der Waals surface area contributed by atoms with Crippen LogP contribution in [0, 0.1) is 0 Å². The molecule has 9 N–H and O–H groups in total. The SMILES string of the molecule is NC(CCCCC(=O)O)C(=O)O.NCCCCC(N)C(=O)O. The van der Waals surface area contributed by atoms with E-state index in [0.717, 1.165) is 12.8 Å². The Bertz CT molecular complexity index is 338. The van der Waals surface area contributed by atoms with E-state index in [1.807, 2.05) is 0 Å². The monoisotopic (exact) mass is 321 g/mol. The van der Waals surface area contributed by atoms with Gasteiger partial charge in [-0.05, 0) is 32.2 Å². The van der Waals surface area contributed by atoms with Crippen molar-refractivity contribution in [1.82, 2.24) is 0 Å². The Kier molecular flexibility index (Phi) is 14.6. The molecule has 0 aliphatic heterocycles. The summed E-state index contributed by atoms with van der Waals surface area (Å²) in [6, 6.07) is -1.58. The van der Waals surface area contributed by atoms with Gasteiger partial charge in [-0.1, -0.05) is 12.8 Å². The van der Waals surface area contributed by atoms with E-state index in [-0.39, 0.29) is 6.42 Å². The van der Waals surface area contributed by atoms with Crippen LogP contribution in [0.15, 0.2) is 0 Å². The number of unbranched alkanes of at least 4 members (excludes halogenated alkanes) is 2.